The maximum absolute atomic E-state index is 12.7. The molecule has 2 aromatic rings. The minimum atomic E-state index is -4.64. The monoisotopic (exact) mass is 423 g/mol. The number of ether oxygens (including phenoxy) is 1. The summed E-state index contributed by atoms with van der Waals surface area (Å²) in [5.41, 5.74) is -0.770. The van der Waals surface area contributed by atoms with Gasteiger partial charge in [0.25, 0.3) is 11.5 Å². The number of amides is 1. The lowest BCUT2D eigenvalue weighted by Crippen LogP contribution is -2.50. The van der Waals surface area contributed by atoms with Crippen LogP contribution in [0.15, 0.2) is 53.5 Å². The Morgan fingerprint density at radius 3 is 2.27 bits per heavy atom. The number of pyridine rings is 1. The van der Waals surface area contributed by atoms with Gasteiger partial charge >= 0.3 is 12.1 Å². The van der Waals surface area contributed by atoms with E-state index in [1.165, 1.54) is 0 Å². The number of para-hydroxylation sites is 1. The predicted octanol–water partition coefficient (Wildman–Crippen LogP) is 1.76. The topological polar surface area (TPSA) is 71.8 Å². The number of rotatable bonds is 5. The third-order valence-corrected chi connectivity index (χ3v) is 4.72. The van der Waals surface area contributed by atoms with Gasteiger partial charge < -0.3 is 19.1 Å². The van der Waals surface area contributed by atoms with E-state index in [0.29, 0.717) is 43.0 Å². The number of benzene rings is 1. The van der Waals surface area contributed by atoms with Gasteiger partial charge in [-0.05, 0) is 18.2 Å². The number of esters is 1. The number of piperazine rings is 1. The van der Waals surface area contributed by atoms with Crippen LogP contribution in [0.2, 0.25) is 0 Å². The van der Waals surface area contributed by atoms with Crippen LogP contribution in [-0.2, 0) is 27.0 Å². The Bertz CT molecular complexity index is 952. The summed E-state index contributed by atoms with van der Waals surface area (Å²) in [5, 5.41) is 0. The summed E-state index contributed by atoms with van der Waals surface area (Å²) in [5.74, 6) is -1.36. The van der Waals surface area contributed by atoms with E-state index in [9.17, 15) is 27.6 Å². The standard InChI is InChI=1S/C20H20F3N3O4/c21-20(22,23)15-6-7-17(27)26(12-15)13-19(29)30-14-18(28)25-10-8-24(9-11-25)16-4-2-1-3-5-16/h1-7,12H,8-11,13-14H2. The first-order valence-electron chi connectivity index (χ1n) is 9.25. The van der Waals surface area contributed by atoms with Gasteiger partial charge in [-0.15, -0.1) is 0 Å². The molecule has 10 heteroatoms. The van der Waals surface area contributed by atoms with Crippen LogP contribution in [-0.4, -0.2) is 54.1 Å². The van der Waals surface area contributed by atoms with Gasteiger partial charge in [0.15, 0.2) is 6.61 Å². The summed E-state index contributed by atoms with van der Waals surface area (Å²) < 4.78 is 43.7. The molecule has 0 radical (unpaired) electrons. The van der Waals surface area contributed by atoms with Gasteiger partial charge in [0, 0.05) is 44.1 Å². The zero-order chi connectivity index (χ0) is 21.7. The molecule has 0 N–H and O–H groups in total. The molecule has 1 saturated heterocycles. The van der Waals surface area contributed by atoms with Crippen molar-refractivity contribution in [2.45, 2.75) is 12.7 Å². The number of alkyl halides is 3. The highest BCUT2D eigenvalue weighted by Crippen LogP contribution is 2.28. The first-order chi connectivity index (χ1) is 14.2. The lowest BCUT2D eigenvalue weighted by atomic mass is 10.2. The molecule has 0 aliphatic carbocycles. The molecule has 1 aliphatic rings. The van der Waals surface area contributed by atoms with Crippen molar-refractivity contribution in [3.63, 3.8) is 0 Å². The number of halogens is 3. The van der Waals surface area contributed by atoms with E-state index in [2.05, 4.69) is 4.90 Å². The number of hydrogen-bond donors (Lipinski definition) is 0. The van der Waals surface area contributed by atoms with E-state index in [-0.39, 0.29) is 0 Å². The van der Waals surface area contributed by atoms with Crippen LogP contribution >= 0.6 is 0 Å². The molecule has 0 bridgehead atoms. The average molecular weight is 423 g/mol. The first-order valence-corrected chi connectivity index (χ1v) is 9.25. The largest absolute Gasteiger partial charge is 0.454 e. The molecule has 2 heterocycles. The van der Waals surface area contributed by atoms with E-state index in [0.717, 1.165) is 11.8 Å². The van der Waals surface area contributed by atoms with Gasteiger partial charge in [-0.2, -0.15) is 13.2 Å². The van der Waals surface area contributed by atoms with Gasteiger partial charge in [-0.3, -0.25) is 14.4 Å². The second-order valence-corrected chi connectivity index (χ2v) is 6.75. The summed E-state index contributed by atoms with van der Waals surface area (Å²) in [6.07, 6.45) is -4.09. The Balaban J connectivity index is 1.49. The van der Waals surface area contributed by atoms with Crippen LogP contribution in [0, 0.1) is 0 Å². The summed E-state index contributed by atoms with van der Waals surface area (Å²) in [6.45, 7) is 0.930. The Labute approximate surface area is 170 Å². The van der Waals surface area contributed by atoms with Crippen LogP contribution < -0.4 is 10.5 Å². The molecule has 1 fully saturated rings. The van der Waals surface area contributed by atoms with Crippen molar-refractivity contribution in [2.24, 2.45) is 0 Å². The van der Waals surface area contributed by atoms with E-state index < -0.39 is 42.3 Å². The zero-order valence-electron chi connectivity index (χ0n) is 16.0. The Morgan fingerprint density at radius 2 is 1.63 bits per heavy atom. The van der Waals surface area contributed by atoms with Crippen LogP contribution in [0.1, 0.15) is 5.56 Å². The van der Waals surface area contributed by atoms with Crippen molar-refractivity contribution in [2.75, 3.05) is 37.7 Å². The Morgan fingerprint density at radius 1 is 0.967 bits per heavy atom. The minimum absolute atomic E-state index is 0.396. The van der Waals surface area contributed by atoms with Crippen LogP contribution in [0.5, 0.6) is 0 Å². The Hall–Kier alpha value is -3.30. The molecule has 0 atom stereocenters. The fourth-order valence-electron chi connectivity index (χ4n) is 3.09. The molecule has 0 unspecified atom stereocenters. The second-order valence-electron chi connectivity index (χ2n) is 6.75. The highest BCUT2D eigenvalue weighted by Gasteiger charge is 2.31. The van der Waals surface area contributed by atoms with Crippen molar-refractivity contribution >= 4 is 17.6 Å². The smallest absolute Gasteiger partial charge is 0.417 e. The summed E-state index contributed by atoms with van der Waals surface area (Å²) >= 11 is 0. The van der Waals surface area contributed by atoms with Crippen LogP contribution in [0.25, 0.3) is 0 Å². The molecule has 160 valence electrons. The van der Waals surface area contributed by atoms with E-state index in [4.69, 9.17) is 4.74 Å². The van der Waals surface area contributed by atoms with Crippen LogP contribution in [0.4, 0.5) is 18.9 Å². The van der Waals surface area contributed by atoms with Crippen molar-refractivity contribution in [3.8, 4) is 0 Å². The fraction of sp³-hybridized carbons (Fsp3) is 0.350. The quantitative estimate of drug-likeness (QED) is 0.686. The lowest BCUT2D eigenvalue weighted by molar-refractivity contribution is -0.152. The molecule has 1 aromatic heterocycles. The maximum atomic E-state index is 12.7. The van der Waals surface area contributed by atoms with Gasteiger partial charge in [-0.1, -0.05) is 18.2 Å². The molecule has 30 heavy (non-hydrogen) atoms. The molecule has 1 amide bonds. The normalized spacial score (nSPS) is 14.5. The number of nitrogens with zero attached hydrogens (tertiary/aromatic N) is 3. The summed E-state index contributed by atoms with van der Waals surface area (Å²) in [4.78, 5) is 39.5. The number of carbonyl (C=O) groups excluding carboxylic acids is 2. The second kappa shape index (κ2) is 9.02. The number of carbonyl (C=O) groups is 2. The van der Waals surface area contributed by atoms with E-state index in [1.807, 2.05) is 30.3 Å². The highest BCUT2D eigenvalue weighted by molar-refractivity contribution is 5.80. The molecule has 1 aromatic carbocycles. The number of aromatic nitrogens is 1. The third-order valence-electron chi connectivity index (χ3n) is 4.72. The van der Waals surface area contributed by atoms with Gasteiger partial charge in [-0.25, -0.2) is 0 Å². The van der Waals surface area contributed by atoms with Crippen LogP contribution in [0.3, 0.4) is 0 Å². The Kier molecular flexibility index (Phi) is 6.43. The maximum Gasteiger partial charge on any atom is 0.417 e. The fourth-order valence-corrected chi connectivity index (χ4v) is 3.09. The molecule has 1 aliphatic heterocycles. The zero-order valence-corrected chi connectivity index (χ0v) is 16.0. The molecule has 7 nitrogen and oxygen atoms in total. The van der Waals surface area contributed by atoms with E-state index in [1.54, 1.807) is 4.90 Å². The average Bonchev–Trinajstić information content (AvgIpc) is 2.73. The van der Waals surface area contributed by atoms with Crippen molar-refractivity contribution in [1.29, 1.82) is 0 Å². The van der Waals surface area contributed by atoms with Crippen molar-refractivity contribution in [1.82, 2.24) is 9.47 Å². The third kappa shape index (κ3) is 5.40. The lowest BCUT2D eigenvalue weighted by Gasteiger charge is -2.36. The molecular weight excluding hydrogens is 403 g/mol. The molecular formula is C20H20F3N3O4. The highest BCUT2D eigenvalue weighted by atomic mass is 19.4. The van der Waals surface area contributed by atoms with Gasteiger partial charge in [0.1, 0.15) is 6.54 Å². The van der Waals surface area contributed by atoms with Gasteiger partial charge in [0.2, 0.25) is 0 Å². The van der Waals surface area contributed by atoms with Gasteiger partial charge in [0.05, 0.1) is 5.56 Å². The van der Waals surface area contributed by atoms with E-state index >= 15 is 0 Å². The number of hydrogen-bond acceptors (Lipinski definition) is 5. The SMILES string of the molecule is O=C(Cn1cc(C(F)(F)F)ccc1=O)OCC(=O)N1CCN(c2ccccc2)CC1. The summed E-state index contributed by atoms with van der Waals surface area (Å²) in [6, 6.07) is 11.1. The molecule has 3 rings (SSSR count). The predicted molar refractivity (Wildman–Crippen MR) is 102 cm³/mol. The minimum Gasteiger partial charge on any atom is -0.454 e. The molecule has 0 saturated carbocycles. The number of anilines is 1. The first kappa shape index (κ1) is 21.4. The summed E-state index contributed by atoms with van der Waals surface area (Å²) in [7, 11) is 0. The van der Waals surface area contributed by atoms with Crippen molar-refractivity contribution in [3.05, 3.63) is 64.6 Å². The molecule has 0 spiro atoms. The van der Waals surface area contributed by atoms with Crippen molar-refractivity contribution < 1.29 is 27.5 Å².